The van der Waals surface area contributed by atoms with E-state index in [0.29, 0.717) is 5.75 Å². The monoisotopic (exact) mass is 283 g/mol. The Kier molecular flexibility index (Phi) is 5.90. The van der Waals surface area contributed by atoms with E-state index in [2.05, 4.69) is 21.2 Å². The first kappa shape index (κ1) is 14.1. The van der Waals surface area contributed by atoms with E-state index in [-0.39, 0.29) is 11.9 Å². The van der Waals surface area contributed by atoms with E-state index in [4.69, 9.17) is 0 Å². The topological polar surface area (TPSA) is 46.2 Å². The molecule has 0 aromatic rings. The number of alkyl halides is 1. The van der Waals surface area contributed by atoms with Gasteiger partial charge in [-0.3, -0.25) is 9.00 Å². The quantitative estimate of drug-likeness (QED) is 0.776. The third-order valence-electron chi connectivity index (χ3n) is 1.76. The van der Waals surface area contributed by atoms with Gasteiger partial charge in [-0.15, -0.1) is 0 Å². The Morgan fingerprint density at radius 2 is 2.07 bits per heavy atom. The molecule has 0 aromatic carbocycles. The third-order valence-corrected chi connectivity index (χ3v) is 2.93. The first-order valence-corrected chi connectivity index (χ1v) is 7.05. The van der Waals surface area contributed by atoms with Crippen LogP contribution in [0.15, 0.2) is 0 Å². The van der Waals surface area contributed by atoms with Crippen LogP contribution < -0.4 is 5.32 Å². The van der Waals surface area contributed by atoms with Crippen molar-refractivity contribution in [1.29, 1.82) is 0 Å². The summed E-state index contributed by atoms with van der Waals surface area (Å²) in [5.74, 6) is 0.594. The van der Waals surface area contributed by atoms with Crippen molar-refractivity contribution in [2.45, 2.75) is 37.6 Å². The SMILES string of the molecule is CC(CCS(C)=O)NC(=O)C(C)(C)Br. The predicted molar refractivity (Wildman–Crippen MR) is 64.2 cm³/mol. The van der Waals surface area contributed by atoms with Crippen LogP contribution in [-0.4, -0.2) is 32.5 Å². The van der Waals surface area contributed by atoms with E-state index in [1.807, 2.05) is 6.92 Å². The first-order valence-electron chi connectivity index (χ1n) is 4.53. The highest BCUT2D eigenvalue weighted by Gasteiger charge is 2.24. The zero-order chi connectivity index (χ0) is 11.4. The highest BCUT2D eigenvalue weighted by atomic mass is 79.9. The van der Waals surface area contributed by atoms with Gasteiger partial charge < -0.3 is 5.32 Å². The lowest BCUT2D eigenvalue weighted by molar-refractivity contribution is -0.123. The summed E-state index contributed by atoms with van der Waals surface area (Å²) < 4.78 is 10.3. The van der Waals surface area contributed by atoms with Crippen LogP contribution in [0.1, 0.15) is 27.2 Å². The highest BCUT2D eigenvalue weighted by molar-refractivity contribution is 9.10. The first-order chi connectivity index (χ1) is 6.23. The van der Waals surface area contributed by atoms with Crippen molar-refractivity contribution in [2.24, 2.45) is 0 Å². The van der Waals surface area contributed by atoms with Crippen LogP contribution in [0.4, 0.5) is 0 Å². The number of nitrogens with one attached hydrogen (secondary N) is 1. The Bertz CT molecular complexity index is 225. The van der Waals surface area contributed by atoms with E-state index >= 15 is 0 Å². The number of carbonyl (C=O) groups is 1. The minimum Gasteiger partial charge on any atom is -0.352 e. The largest absolute Gasteiger partial charge is 0.352 e. The van der Waals surface area contributed by atoms with Gasteiger partial charge in [-0.25, -0.2) is 0 Å². The molecule has 0 saturated carbocycles. The third kappa shape index (κ3) is 6.54. The molecule has 1 amide bonds. The van der Waals surface area contributed by atoms with Crippen LogP contribution >= 0.6 is 15.9 Å². The molecule has 2 atom stereocenters. The molecule has 14 heavy (non-hydrogen) atoms. The van der Waals surface area contributed by atoms with Crippen molar-refractivity contribution in [3.8, 4) is 0 Å². The lowest BCUT2D eigenvalue weighted by Gasteiger charge is -2.20. The maximum atomic E-state index is 11.5. The number of rotatable bonds is 5. The Morgan fingerprint density at radius 3 is 2.43 bits per heavy atom. The summed E-state index contributed by atoms with van der Waals surface area (Å²) in [7, 11) is -0.785. The van der Waals surface area contributed by atoms with Gasteiger partial charge in [0.15, 0.2) is 0 Å². The van der Waals surface area contributed by atoms with Gasteiger partial charge in [-0.2, -0.15) is 0 Å². The van der Waals surface area contributed by atoms with E-state index in [9.17, 15) is 9.00 Å². The van der Waals surface area contributed by atoms with Gasteiger partial charge in [0, 0.05) is 28.9 Å². The van der Waals surface area contributed by atoms with Crippen LogP contribution in [0, 0.1) is 0 Å². The van der Waals surface area contributed by atoms with E-state index in [0.717, 1.165) is 6.42 Å². The Labute approximate surface area is 96.6 Å². The maximum absolute atomic E-state index is 11.5. The fourth-order valence-corrected chi connectivity index (χ4v) is 1.61. The average Bonchev–Trinajstić information content (AvgIpc) is 1.99. The molecule has 0 aliphatic rings. The molecule has 1 N–H and O–H groups in total. The second-order valence-electron chi connectivity index (χ2n) is 3.91. The van der Waals surface area contributed by atoms with Crippen molar-refractivity contribution in [2.75, 3.05) is 12.0 Å². The van der Waals surface area contributed by atoms with Crippen LogP contribution in [0.5, 0.6) is 0 Å². The molecule has 0 bridgehead atoms. The van der Waals surface area contributed by atoms with Gasteiger partial charge >= 0.3 is 0 Å². The molecule has 0 fully saturated rings. The molecule has 2 unspecified atom stereocenters. The van der Waals surface area contributed by atoms with E-state index < -0.39 is 15.1 Å². The highest BCUT2D eigenvalue weighted by Crippen LogP contribution is 2.15. The molecule has 0 aromatic heterocycles. The summed E-state index contributed by atoms with van der Waals surface area (Å²) in [4.78, 5) is 11.5. The molecule has 84 valence electrons. The number of hydrogen-bond acceptors (Lipinski definition) is 2. The van der Waals surface area contributed by atoms with Gasteiger partial charge in [-0.1, -0.05) is 15.9 Å². The average molecular weight is 284 g/mol. The molecule has 0 aliphatic heterocycles. The van der Waals surface area contributed by atoms with E-state index in [1.165, 1.54) is 0 Å². The zero-order valence-electron chi connectivity index (χ0n) is 9.09. The van der Waals surface area contributed by atoms with Gasteiger partial charge in [-0.05, 0) is 27.2 Å². The fourth-order valence-electron chi connectivity index (χ4n) is 0.810. The Hall–Kier alpha value is 0.1000. The zero-order valence-corrected chi connectivity index (χ0v) is 11.5. The molecule has 0 radical (unpaired) electrons. The summed E-state index contributed by atoms with van der Waals surface area (Å²) in [6, 6.07) is 0.0724. The van der Waals surface area contributed by atoms with Crippen LogP contribution in [0.3, 0.4) is 0 Å². The molecule has 0 aliphatic carbocycles. The van der Waals surface area contributed by atoms with Crippen LogP contribution in [0.25, 0.3) is 0 Å². The maximum Gasteiger partial charge on any atom is 0.236 e. The summed E-state index contributed by atoms with van der Waals surface area (Å²) in [6.45, 7) is 5.52. The second kappa shape index (κ2) is 5.85. The summed E-state index contributed by atoms with van der Waals surface area (Å²) in [5, 5.41) is 2.85. The van der Waals surface area contributed by atoms with Crippen molar-refractivity contribution in [3.63, 3.8) is 0 Å². The lowest BCUT2D eigenvalue weighted by Crippen LogP contribution is -2.42. The minimum atomic E-state index is -0.785. The Balaban J connectivity index is 3.89. The number of amides is 1. The molecular weight excluding hydrogens is 266 g/mol. The predicted octanol–water partition coefficient (Wildman–Crippen LogP) is 1.43. The number of halogens is 1. The summed E-state index contributed by atoms with van der Waals surface area (Å²) >= 11 is 3.28. The molecule has 3 nitrogen and oxygen atoms in total. The smallest absolute Gasteiger partial charge is 0.236 e. The van der Waals surface area contributed by atoms with Gasteiger partial charge in [0.2, 0.25) is 5.91 Å². The van der Waals surface area contributed by atoms with Gasteiger partial charge in [0.1, 0.15) is 0 Å². The number of carbonyl (C=O) groups excluding carboxylic acids is 1. The fraction of sp³-hybridized carbons (Fsp3) is 0.889. The molecule has 5 heteroatoms. The molecule has 0 rings (SSSR count). The minimum absolute atomic E-state index is 0.0353. The Morgan fingerprint density at radius 1 is 1.57 bits per heavy atom. The molecule has 0 saturated heterocycles. The lowest BCUT2D eigenvalue weighted by atomic mass is 10.2. The van der Waals surface area contributed by atoms with Crippen molar-refractivity contribution < 1.29 is 9.00 Å². The summed E-state index contributed by atoms with van der Waals surface area (Å²) in [6.07, 6.45) is 2.42. The normalized spacial score (nSPS) is 16.1. The summed E-state index contributed by atoms with van der Waals surface area (Å²) in [5.41, 5.74) is 0. The van der Waals surface area contributed by atoms with Gasteiger partial charge in [0.25, 0.3) is 0 Å². The molecule has 0 heterocycles. The molecule has 0 spiro atoms. The standard InChI is InChI=1S/C9H18BrNO2S/c1-7(5-6-14(4)13)11-8(12)9(2,3)10/h7H,5-6H2,1-4H3,(H,11,12). The molecular formula is C9H18BrNO2S. The van der Waals surface area contributed by atoms with Crippen molar-refractivity contribution in [3.05, 3.63) is 0 Å². The van der Waals surface area contributed by atoms with Crippen LogP contribution in [0.2, 0.25) is 0 Å². The van der Waals surface area contributed by atoms with Crippen LogP contribution in [-0.2, 0) is 15.6 Å². The second-order valence-corrected chi connectivity index (χ2v) is 7.45. The van der Waals surface area contributed by atoms with E-state index in [1.54, 1.807) is 20.1 Å². The van der Waals surface area contributed by atoms with Gasteiger partial charge in [0.05, 0.1) is 4.32 Å². The van der Waals surface area contributed by atoms with Crippen molar-refractivity contribution >= 4 is 32.6 Å². The van der Waals surface area contributed by atoms with Crippen molar-refractivity contribution in [1.82, 2.24) is 5.32 Å². The number of hydrogen-bond donors (Lipinski definition) is 1.